The van der Waals surface area contributed by atoms with Crippen LogP contribution in [0.2, 0.25) is 0 Å². The standard InChI is InChI=1S/C17H27N3O2/c1-12-7-9-14(10-8-12)19-20-17(22)16(21)15(18)11-13-5-3-2-4-6-13/h7-10,13,15-16,19,21H,2-6,11,18H2,1H3,(H,20,22). The van der Waals surface area contributed by atoms with Crippen molar-refractivity contribution in [3.05, 3.63) is 29.8 Å². The first-order chi connectivity index (χ1) is 10.6. The van der Waals surface area contributed by atoms with E-state index in [1.807, 2.05) is 31.2 Å². The lowest BCUT2D eigenvalue weighted by Crippen LogP contribution is -2.48. The molecular weight excluding hydrogens is 278 g/mol. The number of rotatable bonds is 6. The molecule has 2 rings (SSSR count). The van der Waals surface area contributed by atoms with Crippen molar-refractivity contribution >= 4 is 11.6 Å². The summed E-state index contributed by atoms with van der Waals surface area (Å²) >= 11 is 0. The van der Waals surface area contributed by atoms with Gasteiger partial charge in [0.1, 0.15) is 6.10 Å². The fraction of sp³-hybridized carbons (Fsp3) is 0.588. The van der Waals surface area contributed by atoms with Gasteiger partial charge in [-0.25, -0.2) is 0 Å². The van der Waals surface area contributed by atoms with E-state index in [2.05, 4.69) is 10.9 Å². The Bertz CT molecular complexity index is 469. The molecule has 1 fully saturated rings. The third kappa shape index (κ3) is 5.00. The van der Waals surface area contributed by atoms with Gasteiger partial charge in [0.15, 0.2) is 0 Å². The lowest BCUT2D eigenvalue weighted by Gasteiger charge is -2.26. The second kappa shape index (κ2) is 8.15. The normalized spacial score (nSPS) is 18.5. The maximum Gasteiger partial charge on any atom is 0.268 e. The Morgan fingerprint density at radius 3 is 2.55 bits per heavy atom. The molecule has 0 aliphatic heterocycles. The van der Waals surface area contributed by atoms with Gasteiger partial charge in [-0.3, -0.25) is 15.6 Å². The van der Waals surface area contributed by atoms with Gasteiger partial charge >= 0.3 is 0 Å². The third-order valence-corrected chi connectivity index (χ3v) is 4.39. The summed E-state index contributed by atoms with van der Waals surface area (Å²) in [4.78, 5) is 12.0. The summed E-state index contributed by atoms with van der Waals surface area (Å²) in [6.07, 6.45) is 5.59. The van der Waals surface area contributed by atoms with Gasteiger partial charge in [-0.2, -0.15) is 0 Å². The molecule has 22 heavy (non-hydrogen) atoms. The molecule has 0 saturated heterocycles. The van der Waals surface area contributed by atoms with E-state index in [1.54, 1.807) is 0 Å². The third-order valence-electron chi connectivity index (χ3n) is 4.39. The second-order valence-corrected chi connectivity index (χ2v) is 6.33. The lowest BCUT2D eigenvalue weighted by atomic mass is 9.84. The monoisotopic (exact) mass is 305 g/mol. The zero-order valence-electron chi connectivity index (χ0n) is 13.2. The average molecular weight is 305 g/mol. The number of hydrogen-bond donors (Lipinski definition) is 4. The first-order valence-electron chi connectivity index (χ1n) is 8.12. The predicted octanol–water partition coefficient (Wildman–Crippen LogP) is 2.10. The van der Waals surface area contributed by atoms with Crippen LogP contribution in [0.15, 0.2) is 24.3 Å². The van der Waals surface area contributed by atoms with Crippen LogP contribution in [-0.4, -0.2) is 23.2 Å². The first-order valence-corrected chi connectivity index (χ1v) is 8.12. The molecule has 0 spiro atoms. The number of aryl methyl sites for hydroxylation is 1. The molecule has 1 aromatic carbocycles. The molecule has 122 valence electrons. The average Bonchev–Trinajstić information content (AvgIpc) is 2.54. The molecule has 0 radical (unpaired) electrons. The summed E-state index contributed by atoms with van der Waals surface area (Å²) in [6.45, 7) is 2.00. The van der Waals surface area contributed by atoms with Crippen LogP contribution in [0.25, 0.3) is 0 Å². The van der Waals surface area contributed by atoms with Crippen molar-refractivity contribution in [1.82, 2.24) is 5.43 Å². The van der Waals surface area contributed by atoms with E-state index in [4.69, 9.17) is 5.73 Å². The Morgan fingerprint density at radius 2 is 1.91 bits per heavy atom. The molecule has 0 aromatic heterocycles. The second-order valence-electron chi connectivity index (χ2n) is 6.33. The highest BCUT2D eigenvalue weighted by atomic mass is 16.3. The van der Waals surface area contributed by atoms with Crippen LogP contribution >= 0.6 is 0 Å². The molecule has 5 N–H and O–H groups in total. The Morgan fingerprint density at radius 1 is 1.27 bits per heavy atom. The predicted molar refractivity (Wildman–Crippen MR) is 88.1 cm³/mol. The van der Waals surface area contributed by atoms with E-state index in [-0.39, 0.29) is 0 Å². The number of benzene rings is 1. The van der Waals surface area contributed by atoms with Gasteiger partial charge in [0, 0.05) is 6.04 Å². The number of amides is 1. The molecule has 5 heteroatoms. The molecule has 2 atom stereocenters. The highest BCUT2D eigenvalue weighted by Gasteiger charge is 2.26. The first kappa shape index (κ1) is 16.8. The van der Waals surface area contributed by atoms with Crippen molar-refractivity contribution in [3.63, 3.8) is 0 Å². The number of aliphatic hydroxyl groups is 1. The lowest BCUT2D eigenvalue weighted by molar-refractivity contribution is -0.130. The highest BCUT2D eigenvalue weighted by Crippen LogP contribution is 2.27. The summed E-state index contributed by atoms with van der Waals surface area (Å²) in [5.41, 5.74) is 13.2. The van der Waals surface area contributed by atoms with E-state index in [0.29, 0.717) is 12.3 Å². The number of hydrogen-bond acceptors (Lipinski definition) is 4. The quantitative estimate of drug-likeness (QED) is 0.606. The fourth-order valence-electron chi connectivity index (χ4n) is 2.98. The van der Waals surface area contributed by atoms with Gasteiger partial charge in [-0.1, -0.05) is 49.8 Å². The number of hydrazine groups is 1. The van der Waals surface area contributed by atoms with E-state index < -0.39 is 18.1 Å². The van der Waals surface area contributed by atoms with Crippen LogP contribution in [0, 0.1) is 12.8 Å². The molecule has 1 amide bonds. The largest absolute Gasteiger partial charge is 0.382 e. The number of nitrogens with one attached hydrogen (secondary N) is 2. The Hall–Kier alpha value is -1.59. The summed E-state index contributed by atoms with van der Waals surface area (Å²) in [5.74, 6) is 0.0557. The van der Waals surface area contributed by atoms with Crippen molar-refractivity contribution < 1.29 is 9.90 Å². The van der Waals surface area contributed by atoms with E-state index >= 15 is 0 Å². The summed E-state index contributed by atoms with van der Waals surface area (Å²) in [6, 6.07) is 7.11. The van der Waals surface area contributed by atoms with Gasteiger partial charge in [-0.15, -0.1) is 0 Å². The van der Waals surface area contributed by atoms with Crippen LogP contribution < -0.4 is 16.6 Å². The summed E-state index contributed by atoms with van der Waals surface area (Å²) in [5, 5.41) is 10.1. The summed E-state index contributed by atoms with van der Waals surface area (Å²) in [7, 11) is 0. The molecule has 5 nitrogen and oxygen atoms in total. The minimum atomic E-state index is -1.18. The molecule has 2 unspecified atom stereocenters. The zero-order chi connectivity index (χ0) is 15.9. The van der Waals surface area contributed by atoms with Gasteiger partial charge in [0.05, 0.1) is 5.69 Å². The van der Waals surface area contributed by atoms with Gasteiger partial charge in [-0.05, 0) is 31.4 Å². The number of aliphatic hydroxyl groups excluding tert-OH is 1. The van der Waals surface area contributed by atoms with Crippen molar-refractivity contribution in [2.75, 3.05) is 5.43 Å². The van der Waals surface area contributed by atoms with Gasteiger partial charge < -0.3 is 10.8 Å². The molecule has 1 aliphatic rings. The van der Waals surface area contributed by atoms with Crippen molar-refractivity contribution in [3.8, 4) is 0 Å². The molecule has 0 heterocycles. The van der Waals surface area contributed by atoms with Gasteiger partial charge in [0.2, 0.25) is 0 Å². The van der Waals surface area contributed by atoms with Crippen LogP contribution in [0.1, 0.15) is 44.1 Å². The van der Waals surface area contributed by atoms with Crippen LogP contribution in [-0.2, 0) is 4.79 Å². The Kier molecular flexibility index (Phi) is 6.21. The number of nitrogens with two attached hydrogens (primary N) is 1. The molecule has 1 saturated carbocycles. The highest BCUT2D eigenvalue weighted by molar-refractivity contribution is 5.82. The van der Waals surface area contributed by atoms with Crippen molar-refractivity contribution in [1.29, 1.82) is 0 Å². The minimum absolute atomic E-state index is 0.483. The number of carbonyl (C=O) groups is 1. The number of anilines is 1. The maximum absolute atomic E-state index is 12.0. The topological polar surface area (TPSA) is 87.4 Å². The van der Waals surface area contributed by atoms with E-state index in [1.165, 1.54) is 19.3 Å². The zero-order valence-corrected chi connectivity index (χ0v) is 13.2. The maximum atomic E-state index is 12.0. The minimum Gasteiger partial charge on any atom is -0.382 e. The van der Waals surface area contributed by atoms with Crippen molar-refractivity contribution in [2.45, 2.75) is 57.6 Å². The molecule has 1 aliphatic carbocycles. The molecule has 0 bridgehead atoms. The fourth-order valence-corrected chi connectivity index (χ4v) is 2.98. The van der Waals surface area contributed by atoms with Crippen molar-refractivity contribution in [2.24, 2.45) is 11.7 Å². The van der Waals surface area contributed by atoms with Crippen LogP contribution in [0.4, 0.5) is 5.69 Å². The van der Waals surface area contributed by atoms with Crippen LogP contribution in [0.3, 0.4) is 0 Å². The Balaban J connectivity index is 1.76. The van der Waals surface area contributed by atoms with E-state index in [0.717, 1.165) is 24.1 Å². The SMILES string of the molecule is Cc1ccc(NNC(=O)C(O)C(N)CC2CCCCC2)cc1. The molecule has 1 aromatic rings. The molecular formula is C17H27N3O2. The Labute approximate surface area is 132 Å². The van der Waals surface area contributed by atoms with Crippen LogP contribution in [0.5, 0.6) is 0 Å². The van der Waals surface area contributed by atoms with Gasteiger partial charge in [0.25, 0.3) is 5.91 Å². The number of carbonyl (C=O) groups excluding carboxylic acids is 1. The van der Waals surface area contributed by atoms with E-state index in [9.17, 15) is 9.90 Å². The smallest absolute Gasteiger partial charge is 0.268 e. The summed E-state index contributed by atoms with van der Waals surface area (Å²) < 4.78 is 0.